The molecule has 3 rings (SSSR count). The van der Waals surface area contributed by atoms with E-state index in [2.05, 4.69) is 15.0 Å². The van der Waals surface area contributed by atoms with Gasteiger partial charge in [0.15, 0.2) is 11.5 Å². The van der Waals surface area contributed by atoms with E-state index in [1.165, 1.54) is 32.4 Å². The number of ether oxygens (including phenoxy) is 2. The summed E-state index contributed by atoms with van der Waals surface area (Å²) < 4.78 is 39.1. The van der Waals surface area contributed by atoms with Gasteiger partial charge in [0.25, 0.3) is 0 Å². The van der Waals surface area contributed by atoms with Crippen LogP contribution in [0.4, 0.5) is 0 Å². The Morgan fingerprint density at radius 3 is 2.34 bits per heavy atom. The van der Waals surface area contributed by atoms with Crippen molar-refractivity contribution < 1.29 is 22.7 Å². The molecule has 9 heteroatoms. The lowest BCUT2D eigenvalue weighted by Crippen LogP contribution is -2.47. The molecule has 0 saturated heterocycles. The minimum absolute atomic E-state index is 0.0364. The van der Waals surface area contributed by atoms with Crippen LogP contribution in [0, 0.1) is 0 Å². The third-order valence-electron chi connectivity index (χ3n) is 4.73. The number of pyridine rings is 1. The Bertz CT molecular complexity index is 1140. The highest BCUT2D eigenvalue weighted by Crippen LogP contribution is 2.29. The van der Waals surface area contributed by atoms with Crippen molar-refractivity contribution in [1.29, 1.82) is 0 Å². The number of methoxy groups -OCH3 is 2. The van der Waals surface area contributed by atoms with Crippen LogP contribution in [-0.2, 0) is 27.8 Å². The standard InChI is InChI=1S/C23H25N3O5S/c1-30-21-12-11-19(15-22(21)31-2)32(28,29)26-20(14-17-8-4-3-5-9-17)23(27)25-16-18-10-6-7-13-24-18/h3-13,15,20,26H,14,16H2,1-2H3,(H,25,27)/t20-/m0/s1. The molecule has 1 atom stereocenters. The first kappa shape index (κ1) is 23.2. The second-order valence-electron chi connectivity index (χ2n) is 6.92. The molecule has 1 amide bonds. The van der Waals surface area contributed by atoms with Crippen molar-refractivity contribution in [2.75, 3.05) is 14.2 Å². The van der Waals surface area contributed by atoms with Crippen molar-refractivity contribution in [2.45, 2.75) is 23.9 Å². The summed E-state index contributed by atoms with van der Waals surface area (Å²) in [5.41, 5.74) is 1.49. The van der Waals surface area contributed by atoms with Gasteiger partial charge in [-0.1, -0.05) is 36.4 Å². The zero-order valence-electron chi connectivity index (χ0n) is 17.8. The molecule has 0 bridgehead atoms. The molecule has 2 aromatic carbocycles. The Kier molecular flexibility index (Phi) is 7.80. The molecule has 32 heavy (non-hydrogen) atoms. The summed E-state index contributed by atoms with van der Waals surface area (Å²) in [7, 11) is -1.14. The van der Waals surface area contributed by atoms with Crippen molar-refractivity contribution in [3.05, 3.63) is 84.2 Å². The van der Waals surface area contributed by atoms with E-state index in [0.29, 0.717) is 11.4 Å². The van der Waals surface area contributed by atoms with Crippen LogP contribution in [0.15, 0.2) is 77.8 Å². The van der Waals surface area contributed by atoms with E-state index in [-0.39, 0.29) is 23.6 Å². The molecule has 2 N–H and O–H groups in total. The number of carbonyl (C=O) groups excluding carboxylic acids is 1. The summed E-state index contributed by atoms with van der Waals surface area (Å²) in [5, 5.41) is 2.76. The Morgan fingerprint density at radius 2 is 1.69 bits per heavy atom. The first-order valence-corrected chi connectivity index (χ1v) is 11.4. The van der Waals surface area contributed by atoms with Crippen molar-refractivity contribution in [3.8, 4) is 11.5 Å². The van der Waals surface area contributed by atoms with Crippen LogP contribution in [0.25, 0.3) is 0 Å². The lowest BCUT2D eigenvalue weighted by Gasteiger charge is -2.19. The van der Waals surface area contributed by atoms with Gasteiger partial charge in [-0.25, -0.2) is 8.42 Å². The first-order valence-electron chi connectivity index (χ1n) is 9.89. The Balaban J connectivity index is 1.83. The summed E-state index contributed by atoms with van der Waals surface area (Å²) in [6, 6.07) is 17.8. The smallest absolute Gasteiger partial charge is 0.241 e. The van der Waals surface area contributed by atoms with Gasteiger partial charge in [-0.3, -0.25) is 9.78 Å². The third kappa shape index (κ3) is 6.05. The van der Waals surface area contributed by atoms with Crippen LogP contribution in [0.5, 0.6) is 11.5 Å². The molecule has 0 aliphatic heterocycles. The average molecular weight is 456 g/mol. The molecular weight excluding hydrogens is 430 g/mol. The number of rotatable bonds is 10. The fraction of sp³-hybridized carbons (Fsp3) is 0.217. The molecule has 0 aliphatic rings. The molecule has 0 fully saturated rings. The van der Waals surface area contributed by atoms with Crippen molar-refractivity contribution in [3.63, 3.8) is 0 Å². The molecule has 8 nitrogen and oxygen atoms in total. The summed E-state index contributed by atoms with van der Waals surface area (Å²) in [6.07, 6.45) is 1.81. The van der Waals surface area contributed by atoms with E-state index >= 15 is 0 Å². The van der Waals surface area contributed by atoms with Crippen LogP contribution in [-0.4, -0.2) is 39.6 Å². The van der Waals surface area contributed by atoms with E-state index in [0.717, 1.165) is 5.56 Å². The lowest BCUT2D eigenvalue weighted by atomic mass is 10.1. The molecule has 0 saturated carbocycles. The van der Waals surface area contributed by atoms with E-state index in [4.69, 9.17) is 9.47 Å². The fourth-order valence-electron chi connectivity index (χ4n) is 3.08. The zero-order valence-corrected chi connectivity index (χ0v) is 18.6. The molecule has 0 aliphatic carbocycles. The normalized spacial score (nSPS) is 12.1. The second kappa shape index (κ2) is 10.7. The predicted molar refractivity (Wildman–Crippen MR) is 120 cm³/mol. The Morgan fingerprint density at radius 1 is 0.969 bits per heavy atom. The van der Waals surface area contributed by atoms with Gasteiger partial charge in [0.1, 0.15) is 6.04 Å². The first-order chi connectivity index (χ1) is 15.4. The van der Waals surface area contributed by atoms with Crippen LogP contribution >= 0.6 is 0 Å². The highest BCUT2D eigenvalue weighted by molar-refractivity contribution is 7.89. The van der Waals surface area contributed by atoms with Gasteiger partial charge in [0.05, 0.1) is 31.4 Å². The predicted octanol–water partition coefficient (Wildman–Crippen LogP) is 2.30. The average Bonchev–Trinajstić information content (AvgIpc) is 2.82. The monoisotopic (exact) mass is 455 g/mol. The Labute approximate surface area is 187 Å². The number of nitrogens with one attached hydrogen (secondary N) is 2. The van der Waals surface area contributed by atoms with E-state index in [9.17, 15) is 13.2 Å². The van der Waals surface area contributed by atoms with Gasteiger partial charge in [-0.05, 0) is 36.2 Å². The number of nitrogens with zero attached hydrogens (tertiary/aromatic N) is 1. The van der Waals surface area contributed by atoms with Gasteiger partial charge >= 0.3 is 0 Å². The minimum Gasteiger partial charge on any atom is -0.493 e. The number of hydrogen-bond donors (Lipinski definition) is 2. The number of amides is 1. The van der Waals surface area contributed by atoms with Crippen LogP contribution < -0.4 is 19.5 Å². The lowest BCUT2D eigenvalue weighted by molar-refractivity contribution is -0.122. The number of aromatic nitrogens is 1. The highest BCUT2D eigenvalue weighted by atomic mass is 32.2. The topological polar surface area (TPSA) is 107 Å². The summed E-state index contributed by atoms with van der Waals surface area (Å²) in [6.45, 7) is 0.184. The van der Waals surface area contributed by atoms with Crippen LogP contribution in [0.3, 0.4) is 0 Å². The Hall–Kier alpha value is -3.43. The number of benzene rings is 2. The van der Waals surface area contributed by atoms with Gasteiger partial charge in [-0.2, -0.15) is 4.72 Å². The third-order valence-corrected chi connectivity index (χ3v) is 6.20. The van der Waals surface area contributed by atoms with E-state index < -0.39 is 22.0 Å². The van der Waals surface area contributed by atoms with Gasteiger partial charge in [0, 0.05) is 12.3 Å². The number of carbonyl (C=O) groups is 1. The fourth-order valence-corrected chi connectivity index (χ4v) is 4.29. The minimum atomic E-state index is -4.03. The molecule has 168 valence electrons. The molecule has 0 unspecified atom stereocenters. The molecule has 0 radical (unpaired) electrons. The molecule has 1 aromatic heterocycles. The van der Waals surface area contributed by atoms with Gasteiger partial charge < -0.3 is 14.8 Å². The van der Waals surface area contributed by atoms with Gasteiger partial charge in [0.2, 0.25) is 15.9 Å². The number of sulfonamides is 1. The summed E-state index contributed by atoms with van der Waals surface area (Å²) in [5.74, 6) is 0.221. The van der Waals surface area contributed by atoms with Crippen LogP contribution in [0.1, 0.15) is 11.3 Å². The van der Waals surface area contributed by atoms with Crippen LogP contribution in [0.2, 0.25) is 0 Å². The second-order valence-corrected chi connectivity index (χ2v) is 8.63. The maximum atomic E-state index is 13.1. The molecular formula is C23H25N3O5S. The van der Waals surface area contributed by atoms with Crippen molar-refractivity contribution in [1.82, 2.24) is 15.0 Å². The maximum Gasteiger partial charge on any atom is 0.241 e. The summed E-state index contributed by atoms with van der Waals surface area (Å²) in [4.78, 5) is 17.1. The zero-order chi connectivity index (χ0) is 23.0. The van der Waals surface area contributed by atoms with E-state index in [1.807, 2.05) is 36.4 Å². The molecule has 1 heterocycles. The van der Waals surface area contributed by atoms with E-state index in [1.54, 1.807) is 18.3 Å². The van der Waals surface area contributed by atoms with Crippen molar-refractivity contribution >= 4 is 15.9 Å². The number of hydrogen-bond acceptors (Lipinski definition) is 6. The largest absolute Gasteiger partial charge is 0.493 e. The SMILES string of the molecule is COc1ccc(S(=O)(=O)N[C@@H](Cc2ccccc2)C(=O)NCc2ccccn2)cc1OC. The molecule has 0 spiro atoms. The van der Waals surface area contributed by atoms with Crippen molar-refractivity contribution in [2.24, 2.45) is 0 Å². The highest BCUT2D eigenvalue weighted by Gasteiger charge is 2.27. The van der Waals surface area contributed by atoms with Gasteiger partial charge in [-0.15, -0.1) is 0 Å². The quantitative estimate of drug-likeness (QED) is 0.486. The maximum absolute atomic E-state index is 13.1. The summed E-state index contributed by atoms with van der Waals surface area (Å²) >= 11 is 0. The molecule has 3 aromatic rings.